The molecule has 1 atom stereocenters. The van der Waals surface area contributed by atoms with Gasteiger partial charge in [-0.15, -0.1) is 0 Å². The minimum Gasteiger partial charge on any atom is -0.387 e. The molecule has 0 radical (unpaired) electrons. The molecule has 0 fully saturated rings. The highest BCUT2D eigenvalue weighted by Gasteiger charge is 2.09. The molecule has 0 aromatic heterocycles. The minimum absolute atomic E-state index is 0.146. The SMILES string of the molecule is N#Cc1ccc(Br)c([C@@H](O)CN)c1. The summed E-state index contributed by atoms with van der Waals surface area (Å²) in [6.07, 6.45) is -0.720. The van der Waals surface area contributed by atoms with E-state index in [0.717, 1.165) is 4.47 Å². The van der Waals surface area contributed by atoms with Gasteiger partial charge in [0.05, 0.1) is 17.7 Å². The molecular weight excluding hydrogens is 232 g/mol. The number of benzene rings is 1. The number of aliphatic hydroxyl groups is 1. The molecule has 0 spiro atoms. The van der Waals surface area contributed by atoms with Gasteiger partial charge in [0.2, 0.25) is 0 Å². The van der Waals surface area contributed by atoms with E-state index in [4.69, 9.17) is 11.0 Å². The third-order valence-corrected chi connectivity index (χ3v) is 2.43. The number of nitriles is 1. The summed E-state index contributed by atoms with van der Waals surface area (Å²) in [5, 5.41) is 18.1. The lowest BCUT2D eigenvalue weighted by Crippen LogP contribution is -2.12. The van der Waals surface area contributed by atoms with Crippen LogP contribution in [0.2, 0.25) is 0 Å². The highest BCUT2D eigenvalue weighted by Crippen LogP contribution is 2.23. The standard InChI is InChI=1S/C9H9BrN2O/c10-8-2-1-6(4-11)3-7(8)9(13)5-12/h1-3,9,13H,5,12H2/t9-/m0/s1. The molecular formula is C9H9BrN2O. The number of nitrogens with two attached hydrogens (primary N) is 1. The molecule has 0 aliphatic rings. The minimum atomic E-state index is -0.720. The van der Waals surface area contributed by atoms with E-state index in [-0.39, 0.29) is 6.54 Å². The highest BCUT2D eigenvalue weighted by atomic mass is 79.9. The molecule has 1 aromatic rings. The molecule has 1 aromatic carbocycles. The van der Waals surface area contributed by atoms with E-state index in [0.29, 0.717) is 11.1 Å². The van der Waals surface area contributed by atoms with Crippen molar-refractivity contribution in [3.63, 3.8) is 0 Å². The van der Waals surface area contributed by atoms with E-state index in [1.807, 2.05) is 6.07 Å². The van der Waals surface area contributed by atoms with Crippen LogP contribution in [0, 0.1) is 11.3 Å². The lowest BCUT2D eigenvalue weighted by Gasteiger charge is -2.10. The Morgan fingerprint density at radius 1 is 1.62 bits per heavy atom. The summed E-state index contributed by atoms with van der Waals surface area (Å²) in [4.78, 5) is 0. The predicted molar refractivity (Wildman–Crippen MR) is 52.9 cm³/mol. The summed E-state index contributed by atoms with van der Waals surface area (Å²) >= 11 is 3.28. The largest absolute Gasteiger partial charge is 0.387 e. The quantitative estimate of drug-likeness (QED) is 0.820. The second-order valence-corrected chi connectivity index (χ2v) is 3.45. The van der Waals surface area contributed by atoms with Crippen molar-refractivity contribution in [3.8, 4) is 6.07 Å². The first kappa shape index (κ1) is 10.2. The Morgan fingerprint density at radius 3 is 2.85 bits per heavy atom. The van der Waals surface area contributed by atoms with Gasteiger partial charge < -0.3 is 10.8 Å². The highest BCUT2D eigenvalue weighted by molar-refractivity contribution is 9.10. The average Bonchev–Trinajstić information content (AvgIpc) is 2.17. The van der Waals surface area contributed by atoms with E-state index < -0.39 is 6.10 Å². The molecule has 0 saturated carbocycles. The van der Waals surface area contributed by atoms with Crippen molar-refractivity contribution in [2.45, 2.75) is 6.10 Å². The summed E-state index contributed by atoms with van der Waals surface area (Å²) in [5.74, 6) is 0. The van der Waals surface area contributed by atoms with Gasteiger partial charge in [-0.3, -0.25) is 0 Å². The molecule has 68 valence electrons. The van der Waals surface area contributed by atoms with E-state index in [1.165, 1.54) is 0 Å². The average molecular weight is 241 g/mol. The Kier molecular flexibility index (Phi) is 3.43. The van der Waals surface area contributed by atoms with Crippen LogP contribution in [0.25, 0.3) is 0 Å². The third kappa shape index (κ3) is 2.28. The Bertz CT molecular complexity index is 346. The van der Waals surface area contributed by atoms with Crippen molar-refractivity contribution in [1.29, 1.82) is 5.26 Å². The number of hydrogen-bond donors (Lipinski definition) is 2. The van der Waals surface area contributed by atoms with Gasteiger partial charge in [0.25, 0.3) is 0 Å². The van der Waals surface area contributed by atoms with Crippen LogP contribution >= 0.6 is 15.9 Å². The normalized spacial score (nSPS) is 12.2. The van der Waals surface area contributed by atoms with E-state index >= 15 is 0 Å². The van der Waals surface area contributed by atoms with Crippen LogP contribution in [0.1, 0.15) is 17.2 Å². The van der Waals surface area contributed by atoms with Gasteiger partial charge in [-0.25, -0.2) is 0 Å². The molecule has 0 unspecified atom stereocenters. The fourth-order valence-corrected chi connectivity index (χ4v) is 1.51. The Labute approximate surface area is 84.9 Å². The van der Waals surface area contributed by atoms with Gasteiger partial charge >= 0.3 is 0 Å². The van der Waals surface area contributed by atoms with Crippen molar-refractivity contribution in [1.82, 2.24) is 0 Å². The molecule has 0 aliphatic carbocycles. The molecule has 0 aliphatic heterocycles. The van der Waals surface area contributed by atoms with Gasteiger partial charge in [-0.1, -0.05) is 15.9 Å². The zero-order valence-electron chi connectivity index (χ0n) is 6.87. The van der Waals surface area contributed by atoms with Crippen LogP contribution in [-0.2, 0) is 0 Å². The van der Waals surface area contributed by atoms with Crippen LogP contribution in [-0.4, -0.2) is 11.7 Å². The molecule has 3 N–H and O–H groups in total. The lowest BCUT2D eigenvalue weighted by atomic mass is 10.1. The van der Waals surface area contributed by atoms with Crippen LogP contribution in [0.4, 0.5) is 0 Å². The van der Waals surface area contributed by atoms with E-state index in [2.05, 4.69) is 15.9 Å². The number of nitrogens with zero attached hydrogens (tertiary/aromatic N) is 1. The molecule has 0 amide bonds. The van der Waals surface area contributed by atoms with Crippen LogP contribution in [0.5, 0.6) is 0 Å². The van der Waals surface area contributed by atoms with Gasteiger partial charge in [0, 0.05) is 11.0 Å². The van der Waals surface area contributed by atoms with Crippen LogP contribution < -0.4 is 5.73 Å². The Hall–Kier alpha value is -0.890. The van der Waals surface area contributed by atoms with Crippen molar-refractivity contribution in [2.75, 3.05) is 6.54 Å². The van der Waals surface area contributed by atoms with Crippen molar-refractivity contribution in [3.05, 3.63) is 33.8 Å². The first-order valence-electron chi connectivity index (χ1n) is 3.76. The molecule has 1 rings (SSSR count). The number of rotatable bonds is 2. The Morgan fingerprint density at radius 2 is 2.31 bits per heavy atom. The second kappa shape index (κ2) is 4.38. The number of aliphatic hydroxyl groups excluding tert-OH is 1. The summed E-state index contributed by atoms with van der Waals surface area (Å²) in [6.45, 7) is 0.146. The maximum Gasteiger partial charge on any atom is 0.0991 e. The maximum absolute atomic E-state index is 9.47. The van der Waals surface area contributed by atoms with Gasteiger partial charge in [-0.05, 0) is 23.8 Å². The van der Waals surface area contributed by atoms with Gasteiger partial charge in [0.1, 0.15) is 0 Å². The maximum atomic E-state index is 9.47. The fourth-order valence-electron chi connectivity index (χ4n) is 0.996. The lowest BCUT2D eigenvalue weighted by molar-refractivity contribution is 0.186. The topological polar surface area (TPSA) is 70.0 Å². The summed E-state index contributed by atoms with van der Waals surface area (Å²) in [5.41, 5.74) is 6.48. The van der Waals surface area contributed by atoms with E-state index in [1.54, 1.807) is 18.2 Å². The molecule has 4 heteroatoms. The van der Waals surface area contributed by atoms with Gasteiger partial charge in [0.15, 0.2) is 0 Å². The Balaban J connectivity index is 3.12. The van der Waals surface area contributed by atoms with Gasteiger partial charge in [-0.2, -0.15) is 5.26 Å². The predicted octanol–water partition coefficient (Wildman–Crippen LogP) is 1.31. The zero-order valence-corrected chi connectivity index (χ0v) is 8.45. The van der Waals surface area contributed by atoms with Crippen molar-refractivity contribution in [2.24, 2.45) is 5.73 Å². The monoisotopic (exact) mass is 240 g/mol. The second-order valence-electron chi connectivity index (χ2n) is 2.60. The first-order valence-corrected chi connectivity index (χ1v) is 4.56. The molecule has 3 nitrogen and oxygen atoms in total. The van der Waals surface area contributed by atoms with Crippen LogP contribution in [0.3, 0.4) is 0 Å². The molecule has 13 heavy (non-hydrogen) atoms. The number of halogens is 1. The molecule has 0 bridgehead atoms. The third-order valence-electron chi connectivity index (χ3n) is 1.71. The summed E-state index contributed by atoms with van der Waals surface area (Å²) in [7, 11) is 0. The van der Waals surface area contributed by atoms with E-state index in [9.17, 15) is 5.11 Å². The molecule has 0 saturated heterocycles. The zero-order chi connectivity index (χ0) is 9.84. The smallest absolute Gasteiger partial charge is 0.0991 e. The number of hydrogen-bond acceptors (Lipinski definition) is 3. The summed E-state index contributed by atoms with van der Waals surface area (Å²) < 4.78 is 0.768. The van der Waals surface area contributed by atoms with Crippen molar-refractivity contribution >= 4 is 15.9 Å². The van der Waals surface area contributed by atoms with Crippen molar-refractivity contribution < 1.29 is 5.11 Å². The van der Waals surface area contributed by atoms with Crippen LogP contribution in [0.15, 0.2) is 22.7 Å². The fraction of sp³-hybridized carbons (Fsp3) is 0.222. The summed E-state index contributed by atoms with van der Waals surface area (Å²) in [6, 6.07) is 7.03. The first-order chi connectivity index (χ1) is 6.19. The molecule has 0 heterocycles.